The Balaban J connectivity index is 1.56. The third kappa shape index (κ3) is 8.90. The highest BCUT2D eigenvalue weighted by Crippen LogP contribution is 2.58. The second-order valence-electron chi connectivity index (χ2n) is 15.6. The first-order valence-corrected chi connectivity index (χ1v) is 19.6. The summed E-state index contributed by atoms with van der Waals surface area (Å²) >= 11 is 17.1. The molecule has 2 aromatic rings. The van der Waals surface area contributed by atoms with Gasteiger partial charge >= 0.3 is 28.0 Å². The molecule has 8 atom stereocenters. The van der Waals surface area contributed by atoms with Crippen molar-refractivity contribution < 1.29 is 57.5 Å². The smallest absolute Gasteiger partial charge is 0.459 e. The summed E-state index contributed by atoms with van der Waals surface area (Å²) in [4.78, 5) is 67.3. The third-order valence-corrected chi connectivity index (χ3v) is 12.3. The molecule has 12 nitrogen and oxygen atoms in total. The highest BCUT2D eigenvalue weighted by molar-refractivity contribution is 6.66. The van der Waals surface area contributed by atoms with E-state index in [0.717, 1.165) is 5.56 Å². The number of hydrogen-bond acceptors (Lipinski definition) is 12. The summed E-state index contributed by atoms with van der Waals surface area (Å²) in [6.07, 6.45) is -1.84. The lowest BCUT2D eigenvalue weighted by Crippen LogP contribution is -2.74. The van der Waals surface area contributed by atoms with Gasteiger partial charge in [0.2, 0.25) is 0 Å². The van der Waals surface area contributed by atoms with E-state index in [0.29, 0.717) is 11.1 Å². The Morgan fingerprint density at radius 1 is 0.982 bits per heavy atom. The zero-order valence-electron chi connectivity index (χ0n) is 32.7. The lowest BCUT2D eigenvalue weighted by molar-refractivity contribution is -0.315. The zero-order valence-corrected chi connectivity index (χ0v) is 35.0. The van der Waals surface area contributed by atoms with E-state index in [2.05, 4.69) is 0 Å². The SMILES string of the molecule is CC(=O)O[C@@]12COC1C[C@H](OC(=O)OC(Cl)(Cl)Cl)[C@@](C)(C(=O)[C@H](C)C1=C(C)[C@@H](OC(=O)/C=C/c3ccccc3)C[C@@](O)(COC(=O)c3ccccc3)C1(C)C)[C@@H]2C. The van der Waals surface area contributed by atoms with Crippen molar-refractivity contribution in [2.75, 3.05) is 13.2 Å². The first kappa shape index (κ1) is 44.2. The molecule has 0 amide bonds. The van der Waals surface area contributed by atoms with E-state index < -0.39 is 92.6 Å². The summed E-state index contributed by atoms with van der Waals surface area (Å²) in [7, 11) is 0. The number of halogens is 3. The van der Waals surface area contributed by atoms with Gasteiger partial charge in [0.25, 0.3) is 0 Å². The van der Waals surface area contributed by atoms with Crippen molar-refractivity contribution in [2.45, 2.75) is 94.8 Å². The molecule has 1 saturated heterocycles. The van der Waals surface area contributed by atoms with E-state index in [1.165, 1.54) is 13.0 Å². The van der Waals surface area contributed by atoms with Gasteiger partial charge in [0.1, 0.15) is 36.3 Å². The molecule has 0 spiro atoms. The highest BCUT2D eigenvalue weighted by atomic mass is 35.6. The zero-order chi connectivity index (χ0) is 42.1. The third-order valence-electron chi connectivity index (χ3n) is 12.1. The number of benzene rings is 2. The number of aliphatic hydroxyl groups is 1. The minimum absolute atomic E-state index is 0.0186. The molecule has 0 bridgehead atoms. The molecule has 1 unspecified atom stereocenters. The fourth-order valence-corrected chi connectivity index (χ4v) is 8.91. The van der Waals surface area contributed by atoms with Crippen LogP contribution in [0.4, 0.5) is 4.79 Å². The Hall–Kier alpha value is -3.94. The number of carbonyl (C=O) groups is 5. The van der Waals surface area contributed by atoms with Crippen LogP contribution in [0.15, 0.2) is 77.9 Å². The van der Waals surface area contributed by atoms with E-state index in [9.17, 15) is 24.3 Å². The fourth-order valence-electron chi connectivity index (χ4n) is 8.72. The molecule has 5 rings (SSSR count). The number of alkyl halides is 3. The number of ether oxygens (including phenoxy) is 6. The second kappa shape index (κ2) is 16.7. The molecule has 15 heteroatoms. The summed E-state index contributed by atoms with van der Waals surface area (Å²) < 4.78 is 31.4. The van der Waals surface area contributed by atoms with Crippen molar-refractivity contribution in [3.63, 3.8) is 0 Å². The van der Waals surface area contributed by atoms with Crippen molar-refractivity contribution in [3.05, 3.63) is 89.0 Å². The maximum Gasteiger partial charge on any atom is 0.512 e. The molecule has 2 aromatic carbocycles. The molecule has 1 heterocycles. The number of rotatable bonds is 11. The second-order valence-corrected chi connectivity index (χ2v) is 17.8. The minimum Gasteiger partial charge on any atom is -0.459 e. The summed E-state index contributed by atoms with van der Waals surface area (Å²) in [5.41, 5.74) is -4.16. The minimum atomic E-state index is -2.47. The molecular weight excluding hydrogens is 803 g/mol. The average molecular weight is 850 g/mol. The molecular formula is C42H47Cl3O12. The van der Waals surface area contributed by atoms with Crippen molar-refractivity contribution in [1.29, 1.82) is 0 Å². The Labute approximate surface area is 346 Å². The lowest BCUT2D eigenvalue weighted by atomic mass is 9.51. The van der Waals surface area contributed by atoms with E-state index in [1.54, 1.807) is 78.0 Å². The number of Topliss-reactive ketones (excluding diaryl/α,β-unsaturated/α-hetero) is 1. The topological polar surface area (TPSA) is 161 Å². The Bertz CT molecular complexity index is 1930. The van der Waals surface area contributed by atoms with Crippen molar-refractivity contribution in [1.82, 2.24) is 0 Å². The van der Waals surface area contributed by atoms with Gasteiger partial charge in [0.15, 0.2) is 5.60 Å². The van der Waals surface area contributed by atoms with E-state index in [4.69, 9.17) is 63.2 Å². The van der Waals surface area contributed by atoms with Crippen LogP contribution >= 0.6 is 34.8 Å². The van der Waals surface area contributed by atoms with E-state index in [1.807, 2.05) is 30.3 Å². The molecule has 0 radical (unpaired) electrons. The highest BCUT2D eigenvalue weighted by Gasteiger charge is 2.70. The van der Waals surface area contributed by atoms with Gasteiger partial charge in [0, 0.05) is 43.1 Å². The maximum atomic E-state index is 15.4. The van der Waals surface area contributed by atoms with Gasteiger partial charge < -0.3 is 33.5 Å². The summed E-state index contributed by atoms with van der Waals surface area (Å²) in [5.74, 6) is -4.36. The van der Waals surface area contributed by atoms with Gasteiger partial charge in [-0.1, -0.05) is 76.2 Å². The number of fused-ring (bicyclic) bond motifs is 1. The van der Waals surface area contributed by atoms with Crippen LogP contribution in [-0.4, -0.2) is 81.7 Å². The molecule has 3 aliphatic rings. The van der Waals surface area contributed by atoms with Crippen LogP contribution in [0.5, 0.6) is 0 Å². The molecule has 57 heavy (non-hydrogen) atoms. The molecule has 1 aliphatic heterocycles. The summed E-state index contributed by atoms with van der Waals surface area (Å²) in [6.45, 7) is 10.8. The predicted octanol–water partition coefficient (Wildman–Crippen LogP) is 7.75. The normalized spacial score (nSPS) is 29.9. The van der Waals surface area contributed by atoms with Gasteiger partial charge in [-0.15, -0.1) is 0 Å². The Kier molecular flexibility index (Phi) is 13.0. The van der Waals surface area contributed by atoms with Gasteiger partial charge in [0.05, 0.1) is 17.6 Å². The number of ketones is 1. The number of carbonyl (C=O) groups excluding carboxylic acids is 5. The molecule has 2 aliphatic carbocycles. The fraction of sp³-hybridized carbons (Fsp3) is 0.500. The summed E-state index contributed by atoms with van der Waals surface area (Å²) in [5, 5.41) is 12.6. The van der Waals surface area contributed by atoms with Crippen LogP contribution in [0.2, 0.25) is 0 Å². The Morgan fingerprint density at radius 3 is 2.16 bits per heavy atom. The maximum absolute atomic E-state index is 15.4. The van der Waals surface area contributed by atoms with Crippen LogP contribution in [0.3, 0.4) is 0 Å². The van der Waals surface area contributed by atoms with Gasteiger partial charge in [-0.05, 0) is 83.6 Å². The van der Waals surface area contributed by atoms with Gasteiger partial charge in [-0.2, -0.15) is 0 Å². The average Bonchev–Trinajstić information content (AvgIpc) is 3.13. The molecule has 1 saturated carbocycles. The van der Waals surface area contributed by atoms with Gasteiger partial charge in [-0.25, -0.2) is 14.4 Å². The Morgan fingerprint density at radius 2 is 1.60 bits per heavy atom. The van der Waals surface area contributed by atoms with Crippen LogP contribution in [0, 0.1) is 22.7 Å². The van der Waals surface area contributed by atoms with Crippen LogP contribution in [0.1, 0.15) is 77.2 Å². The van der Waals surface area contributed by atoms with E-state index >= 15 is 4.79 Å². The largest absolute Gasteiger partial charge is 0.512 e. The predicted molar refractivity (Wildman–Crippen MR) is 210 cm³/mol. The number of esters is 3. The molecule has 0 aromatic heterocycles. The van der Waals surface area contributed by atoms with Crippen molar-refractivity contribution in [2.24, 2.45) is 22.7 Å². The standard InChI is InChI=1S/C42H47Cl3O12/c1-24-30(54-33(47)19-18-28-14-10-8-11-15-28)21-40(51,22-53-36(49)29-16-12-9-13-17-29)38(5,6)34(24)25(2)35(48)39(7)26(3)41(56-27(4)46)23-52-32(41)20-31(39)55-37(50)57-42(43,44)45/h8-19,25-26,30-32,51H,20-23H2,1-7H3/b19-18+/t25-,26+,30+,31+,32?,39+,40-,41-/m1/s1. The molecule has 2 fully saturated rings. The summed E-state index contributed by atoms with van der Waals surface area (Å²) in [6, 6.07) is 17.4. The lowest BCUT2D eigenvalue weighted by Gasteiger charge is -2.61. The number of hydrogen-bond donors (Lipinski definition) is 1. The van der Waals surface area contributed by atoms with E-state index in [-0.39, 0.29) is 25.0 Å². The van der Waals surface area contributed by atoms with Crippen LogP contribution in [-0.2, 0) is 42.8 Å². The first-order chi connectivity index (χ1) is 26.6. The van der Waals surface area contributed by atoms with Crippen molar-refractivity contribution in [3.8, 4) is 0 Å². The van der Waals surface area contributed by atoms with Crippen molar-refractivity contribution >= 4 is 70.7 Å². The quantitative estimate of drug-likeness (QED) is 0.0771. The molecule has 1 N–H and O–H groups in total. The first-order valence-electron chi connectivity index (χ1n) is 18.5. The van der Waals surface area contributed by atoms with Crippen LogP contribution < -0.4 is 0 Å². The monoisotopic (exact) mass is 848 g/mol. The molecule has 308 valence electrons. The van der Waals surface area contributed by atoms with Crippen LogP contribution in [0.25, 0.3) is 6.08 Å². The van der Waals surface area contributed by atoms with Gasteiger partial charge in [-0.3, -0.25) is 9.59 Å².